The summed E-state index contributed by atoms with van der Waals surface area (Å²) in [7, 11) is -2.26. The molecule has 1 aromatic heterocycles. The molecule has 0 unspecified atom stereocenters. The van der Waals surface area contributed by atoms with Crippen LogP contribution in [0.2, 0.25) is 0 Å². The number of nitrogens with zero attached hydrogens (tertiary/aromatic N) is 2. The summed E-state index contributed by atoms with van der Waals surface area (Å²) in [5.41, 5.74) is 4.13. The van der Waals surface area contributed by atoms with E-state index in [1.54, 1.807) is 33.0 Å². The van der Waals surface area contributed by atoms with Gasteiger partial charge in [-0.15, -0.1) is 4.83 Å². The first kappa shape index (κ1) is 18.9. The van der Waals surface area contributed by atoms with Gasteiger partial charge in [0.1, 0.15) is 10.6 Å². The van der Waals surface area contributed by atoms with Gasteiger partial charge in [0.05, 0.1) is 11.4 Å². The van der Waals surface area contributed by atoms with Gasteiger partial charge < -0.3 is 4.74 Å². The van der Waals surface area contributed by atoms with E-state index in [0.717, 1.165) is 12.0 Å². The number of ether oxygens (including phenoxy) is 1. The van der Waals surface area contributed by atoms with Crippen LogP contribution in [0.3, 0.4) is 0 Å². The minimum absolute atomic E-state index is 0.0476. The Labute approximate surface area is 147 Å². The van der Waals surface area contributed by atoms with Crippen LogP contribution < -0.4 is 15.0 Å². The largest absolute Gasteiger partial charge is 0.484 e. The summed E-state index contributed by atoms with van der Waals surface area (Å²) in [5, 5.41) is 4.05. The summed E-state index contributed by atoms with van der Waals surface area (Å²) in [6, 6.07) is 7.34. The van der Waals surface area contributed by atoms with Gasteiger partial charge in [-0.1, -0.05) is 19.1 Å². The second-order valence-electron chi connectivity index (χ2n) is 5.56. The molecule has 0 spiro atoms. The van der Waals surface area contributed by atoms with Crippen LogP contribution in [0.15, 0.2) is 29.2 Å². The molecule has 136 valence electrons. The molecule has 0 fully saturated rings. The van der Waals surface area contributed by atoms with Crippen molar-refractivity contribution in [2.24, 2.45) is 7.05 Å². The molecule has 0 atom stereocenters. The number of hydrazine groups is 1. The molecule has 9 heteroatoms. The number of aromatic nitrogens is 2. The maximum Gasteiger partial charge on any atom is 0.272 e. The van der Waals surface area contributed by atoms with Crippen molar-refractivity contribution in [2.75, 3.05) is 6.61 Å². The maximum absolute atomic E-state index is 12.3. The van der Waals surface area contributed by atoms with Gasteiger partial charge >= 0.3 is 0 Å². The van der Waals surface area contributed by atoms with Crippen LogP contribution in [0.4, 0.5) is 0 Å². The van der Waals surface area contributed by atoms with E-state index in [-0.39, 0.29) is 11.5 Å². The lowest BCUT2D eigenvalue weighted by atomic mass is 10.2. The van der Waals surface area contributed by atoms with Crippen LogP contribution in [0.25, 0.3) is 0 Å². The molecule has 0 aliphatic heterocycles. The molecule has 1 heterocycles. The highest BCUT2D eigenvalue weighted by Crippen LogP contribution is 2.17. The van der Waals surface area contributed by atoms with Crippen molar-refractivity contribution in [1.82, 2.24) is 20.0 Å². The predicted molar refractivity (Wildman–Crippen MR) is 92.5 cm³/mol. The van der Waals surface area contributed by atoms with Gasteiger partial charge in [-0.3, -0.25) is 14.9 Å². The van der Waals surface area contributed by atoms with Gasteiger partial charge in [0.25, 0.3) is 15.9 Å². The molecule has 0 saturated carbocycles. The monoisotopic (exact) mass is 366 g/mol. The van der Waals surface area contributed by atoms with Crippen molar-refractivity contribution in [3.63, 3.8) is 0 Å². The number of aryl methyl sites for hydroxylation is 3. The number of hydrogen-bond donors (Lipinski definition) is 2. The Bertz CT molecular complexity index is 857. The van der Waals surface area contributed by atoms with Crippen molar-refractivity contribution in [2.45, 2.75) is 32.1 Å². The Hall–Kier alpha value is -2.39. The van der Waals surface area contributed by atoms with Crippen LogP contribution in [0.1, 0.15) is 23.9 Å². The van der Waals surface area contributed by atoms with Gasteiger partial charge in [0.15, 0.2) is 6.61 Å². The predicted octanol–water partition coefficient (Wildman–Crippen LogP) is 0.988. The number of hydrogen-bond acceptors (Lipinski definition) is 5. The number of carbonyl (C=O) groups excluding carboxylic acids is 1. The lowest BCUT2D eigenvalue weighted by Gasteiger charge is -2.10. The number of rotatable bonds is 7. The first-order chi connectivity index (χ1) is 11.7. The summed E-state index contributed by atoms with van der Waals surface area (Å²) in [5.74, 6) is -0.0727. The molecule has 1 aromatic carbocycles. The lowest BCUT2D eigenvalue weighted by molar-refractivity contribution is -0.123. The molecule has 0 saturated heterocycles. The first-order valence-corrected chi connectivity index (χ1v) is 9.25. The van der Waals surface area contributed by atoms with Crippen LogP contribution >= 0.6 is 0 Å². The minimum atomic E-state index is -3.91. The van der Waals surface area contributed by atoms with Gasteiger partial charge in [-0.2, -0.15) is 5.10 Å². The smallest absolute Gasteiger partial charge is 0.272 e. The van der Waals surface area contributed by atoms with Crippen LogP contribution in [0.5, 0.6) is 5.75 Å². The zero-order valence-electron chi connectivity index (χ0n) is 14.7. The number of amides is 1. The van der Waals surface area contributed by atoms with Crippen LogP contribution in [-0.4, -0.2) is 30.7 Å². The van der Waals surface area contributed by atoms with E-state index in [2.05, 4.69) is 15.4 Å². The molecule has 2 aromatic rings. The third-order valence-electron chi connectivity index (χ3n) is 3.74. The number of sulfonamides is 1. The summed E-state index contributed by atoms with van der Waals surface area (Å²) in [6.45, 7) is 4.96. The second-order valence-corrected chi connectivity index (χ2v) is 7.18. The van der Waals surface area contributed by atoms with E-state index in [4.69, 9.17) is 4.74 Å². The molecule has 0 aliphatic rings. The number of benzene rings is 1. The Balaban J connectivity index is 1.92. The minimum Gasteiger partial charge on any atom is -0.484 e. The molecule has 1 amide bonds. The van der Waals surface area contributed by atoms with E-state index < -0.39 is 15.9 Å². The maximum atomic E-state index is 12.3. The molecular formula is C16H22N4O4S. The van der Waals surface area contributed by atoms with E-state index in [1.165, 1.54) is 4.68 Å². The summed E-state index contributed by atoms with van der Waals surface area (Å²) < 4.78 is 31.4. The number of carbonyl (C=O) groups is 1. The quantitative estimate of drug-likeness (QED) is 0.712. The normalized spacial score (nSPS) is 11.4. The summed E-state index contributed by atoms with van der Waals surface area (Å²) >= 11 is 0. The lowest BCUT2D eigenvalue weighted by Crippen LogP contribution is -2.44. The Morgan fingerprint density at radius 3 is 2.40 bits per heavy atom. The number of nitrogens with one attached hydrogen (secondary N) is 2. The standard InChI is InChI=1S/C16H22N4O4S/c1-5-13-6-8-14(9-7-13)24-10-15(21)17-19-25(22,23)16-11(2)18-20(4)12(16)3/h6-9,19H,5,10H2,1-4H3,(H,17,21). The fraction of sp³-hybridized carbons (Fsp3) is 0.375. The van der Waals surface area contributed by atoms with Crippen molar-refractivity contribution in [3.05, 3.63) is 41.2 Å². The van der Waals surface area contributed by atoms with Crippen molar-refractivity contribution >= 4 is 15.9 Å². The molecule has 8 nitrogen and oxygen atoms in total. The van der Waals surface area contributed by atoms with Crippen LogP contribution in [-0.2, 0) is 28.3 Å². The SMILES string of the molecule is CCc1ccc(OCC(=O)NNS(=O)(=O)c2c(C)nn(C)c2C)cc1. The molecule has 0 radical (unpaired) electrons. The average Bonchev–Trinajstić information content (AvgIpc) is 2.84. The zero-order chi connectivity index (χ0) is 18.6. The highest BCUT2D eigenvalue weighted by molar-refractivity contribution is 7.89. The fourth-order valence-electron chi connectivity index (χ4n) is 2.32. The van der Waals surface area contributed by atoms with Crippen molar-refractivity contribution < 1.29 is 17.9 Å². The summed E-state index contributed by atoms with van der Waals surface area (Å²) in [6.07, 6.45) is 0.912. The van der Waals surface area contributed by atoms with Crippen molar-refractivity contribution in [3.8, 4) is 5.75 Å². The molecule has 0 bridgehead atoms. The van der Waals surface area contributed by atoms with Crippen molar-refractivity contribution in [1.29, 1.82) is 0 Å². The Morgan fingerprint density at radius 2 is 1.88 bits per heavy atom. The fourth-order valence-corrected chi connectivity index (χ4v) is 3.63. The molecule has 25 heavy (non-hydrogen) atoms. The van der Waals surface area contributed by atoms with Gasteiger partial charge in [-0.05, 0) is 38.0 Å². The van der Waals surface area contributed by atoms with Gasteiger partial charge in [0, 0.05) is 7.05 Å². The van der Waals surface area contributed by atoms with Gasteiger partial charge in [0.2, 0.25) is 0 Å². The average molecular weight is 366 g/mol. The Morgan fingerprint density at radius 1 is 1.24 bits per heavy atom. The molecular weight excluding hydrogens is 344 g/mol. The first-order valence-electron chi connectivity index (χ1n) is 7.77. The third kappa shape index (κ3) is 4.58. The third-order valence-corrected chi connectivity index (χ3v) is 5.24. The molecule has 2 N–H and O–H groups in total. The van der Waals surface area contributed by atoms with E-state index in [1.807, 2.05) is 19.1 Å². The van der Waals surface area contributed by atoms with Gasteiger partial charge in [-0.25, -0.2) is 8.42 Å². The topological polar surface area (TPSA) is 102 Å². The molecule has 0 aliphatic carbocycles. The molecule has 2 rings (SSSR count). The van der Waals surface area contributed by atoms with E-state index >= 15 is 0 Å². The zero-order valence-corrected chi connectivity index (χ0v) is 15.5. The van der Waals surface area contributed by atoms with E-state index in [0.29, 0.717) is 17.1 Å². The Kier molecular flexibility index (Phi) is 5.81. The highest BCUT2D eigenvalue weighted by Gasteiger charge is 2.24. The highest BCUT2D eigenvalue weighted by atomic mass is 32.2. The summed E-state index contributed by atoms with van der Waals surface area (Å²) in [4.78, 5) is 13.9. The second kappa shape index (κ2) is 7.66. The van der Waals surface area contributed by atoms with Crippen LogP contribution in [0, 0.1) is 13.8 Å². The van der Waals surface area contributed by atoms with E-state index in [9.17, 15) is 13.2 Å².